The molecule has 0 saturated heterocycles. The third-order valence-electron chi connectivity index (χ3n) is 6.88. The fourth-order valence-electron chi connectivity index (χ4n) is 4.55. The van der Waals surface area contributed by atoms with Crippen LogP contribution in [0.2, 0.25) is 0 Å². The van der Waals surface area contributed by atoms with E-state index in [-0.39, 0.29) is 30.4 Å². The van der Waals surface area contributed by atoms with Crippen molar-refractivity contribution < 1.29 is 27.9 Å². The highest BCUT2D eigenvalue weighted by Crippen LogP contribution is 2.29. The number of hydrogen-bond acceptors (Lipinski definition) is 5. The summed E-state index contributed by atoms with van der Waals surface area (Å²) < 4.78 is 40.6. The molecule has 4 N–H and O–H groups in total. The van der Waals surface area contributed by atoms with Crippen LogP contribution in [0.5, 0.6) is 0 Å². The Hall–Kier alpha value is -3.70. The molecule has 1 heterocycles. The lowest BCUT2D eigenvalue weighted by atomic mass is 10.0. The third-order valence-corrected chi connectivity index (χ3v) is 6.88. The number of carbonyl (C=O) groups is 2. The van der Waals surface area contributed by atoms with Crippen molar-refractivity contribution in [2.24, 2.45) is 0 Å². The summed E-state index contributed by atoms with van der Waals surface area (Å²) in [6.45, 7) is 4.99. The summed E-state index contributed by atoms with van der Waals surface area (Å²) in [5, 5.41) is 24.1. The number of aromatic nitrogens is 2. The van der Waals surface area contributed by atoms with Crippen molar-refractivity contribution in [3.05, 3.63) is 88.7 Å². The summed E-state index contributed by atoms with van der Waals surface area (Å²) in [5.41, 5.74) is 0.882. The quantitative estimate of drug-likeness (QED) is 0.181. The van der Waals surface area contributed by atoms with Gasteiger partial charge in [-0.15, -0.1) is 0 Å². The zero-order valence-corrected chi connectivity index (χ0v) is 24.1. The number of carbonyl (C=O) groups excluding carboxylic acids is 2. The van der Waals surface area contributed by atoms with E-state index in [1.165, 1.54) is 16.8 Å². The monoisotopic (exact) mass is 587 g/mol. The number of rotatable bonds is 16. The number of unbranched alkanes of at least 4 members (excludes halogenated alkanes) is 3. The summed E-state index contributed by atoms with van der Waals surface area (Å²) in [6.07, 6.45) is -1.12. The first kappa shape index (κ1) is 32.8. The van der Waals surface area contributed by atoms with E-state index in [1.54, 1.807) is 6.07 Å². The lowest BCUT2D eigenvalue weighted by Crippen LogP contribution is -2.48. The lowest BCUT2D eigenvalue weighted by molar-refractivity contribution is -0.137. The van der Waals surface area contributed by atoms with Gasteiger partial charge in [0.05, 0.1) is 17.7 Å². The van der Waals surface area contributed by atoms with Gasteiger partial charge in [0.25, 0.3) is 11.8 Å². The number of benzene rings is 2. The molecule has 2 aromatic carbocycles. The van der Waals surface area contributed by atoms with E-state index in [0.717, 1.165) is 43.4 Å². The predicted octanol–water partition coefficient (Wildman–Crippen LogP) is 4.72. The second-order valence-electron chi connectivity index (χ2n) is 10.2. The molecule has 0 spiro atoms. The topological polar surface area (TPSA) is 108 Å². The lowest BCUT2D eigenvalue weighted by Gasteiger charge is -2.24. The van der Waals surface area contributed by atoms with Gasteiger partial charge in [-0.05, 0) is 37.0 Å². The second kappa shape index (κ2) is 16.1. The first-order valence-electron chi connectivity index (χ1n) is 14.4. The van der Waals surface area contributed by atoms with Crippen molar-refractivity contribution in [2.75, 3.05) is 13.1 Å². The Labute approximate surface area is 244 Å². The molecule has 0 aliphatic carbocycles. The largest absolute Gasteiger partial charge is 0.416 e. The molecule has 2 amide bonds. The van der Waals surface area contributed by atoms with Crippen LogP contribution in [0.25, 0.3) is 0 Å². The second-order valence-corrected chi connectivity index (χ2v) is 10.2. The van der Waals surface area contributed by atoms with Crippen LogP contribution in [0.4, 0.5) is 13.2 Å². The summed E-state index contributed by atoms with van der Waals surface area (Å²) in [4.78, 5) is 26.0. The molecule has 11 heteroatoms. The number of amides is 2. The van der Waals surface area contributed by atoms with Crippen molar-refractivity contribution in [3.8, 4) is 0 Å². The Kier molecular flexibility index (Phi) is 12.6. The molecule has 2 atom stereocenters. The van der Waals surface area contributed by atoms with Crippen LogP contribution in [-0.2, 0) is 25.7 Å². The van der Waals surface area contributed by atoms with Crippen LogP contribution >= 0.6 is 0 Å². The highest BCUT2D eigenvalue weighted by atomic mass is 19.4. The maximum absolute atomic E-state index is 13.3. The maximum atomic E-state index is 13.3. The Morgan fingerprint density at radius 2 is 1.69 bits per heavy atom. The number of halogens is 3. The molecule has 1 aromatic heterocycles. The van der Waals surface area contributed by atoms with Gasteiger partial charge in [-0.1, -0.05) is 74.7 Å². The fraction of sp³-hybridized carbons (Fsp3) is 0.452. The molecule has 0 saturated carbocycles. The van der Waals surface area contributed by atoms with E-state index < -0.39 is 29.8 Å². The first-order chi connectivity index (χ1) is 20.1. The van der Waals surface area contributed by atoms with Gasteiger partial charge < -0.3 is 21.1 Å². The fourth-order valence-corrected chi connectivity index (χ4v) is 4.55. The number of nitrogens with one attached hydrogen (secondary N) is 3. The normalized spacial score (nSPS) is 13.0. The molecule has 0 aliphatic heterocycles. The minimum Gasteiger partial charge on any atom is -0.390 e. The minimum absolute atomic E-state index is 0.0170. The third kappa shape index (κ3) is 9.99. The molecule has 0 radical (unpaired) electrons. The number of aryl methyl sites for hydroxylation is 1. The van der Waals surface area contributed by atoms with E-state index >= 15 is 0 Å². The van der Waals surface area contributed by atoms with Crippen LogP contribution in [0.15, 0.2) is 60.7 Å². The molecule has 0 aliphatic rings. The Morgan fingerprint density at radius 3 is 2.38 bits per heavy atom. The van der Waals surface area contributed by atoms with Crippen LogP contribution in [0.3, 0.4) is 0 Å². The van der Waals surface area contributed by atoms with E-state index in [0.29, 0.717) is 25.1 Å². The molecule has 0 fully saturated rings. The van der Waals surface area contributed by atoms with Gasteiger partial charge in [0.15, 0.2) is 5.69 Å². The molecule has 8 nitrogen and oxygen atoms in total. The van der Waals surface area contributed by atoms with Crippen molar-refractivity contribution in [2.45, 2.75) is 77.4 Å². The molecule has 228 valence electrons. The van der Waals surface area contributed by atoms with Gasteiger partial charge in [0.2, 0.25) is 0 Å². The number of nitrogens with zero attached hydrogens (tertiary/aromatic N) is 2. The van der Waals surface area contributed by atoms with E-state index in [4.69, 9.17) is 0 Å². The molecular weight excluding hydrogens is 547 g/mol. The Balaban J connectivity index is 1.67. The summed E-state index contributed by atoms with van der Waals surface area (Å²) >= 11 is 0. The van der Waals surface area contributed by atoms with Crippen molar-refractivity contribution in [1.29, 1.82) is 0 Å². The smallest absolute Gasteiger partial charge is 0.390 e. The van der Waals surface area contributed by atoms with Crippen molar-refractivity contribution in [3.63, 3.8) is 0 Å². The number of alkyl halides is 3. The van der Waals surface area contributed by atoms with Gasteiger partial charge in [-0.25, -0.2) is 0 Å². The molecule has 3 rings (SSSR count). The molecule has 0 bridgehead atoms. The van der Waals surface area contributed by atoms with Gasteiger partial charge in [-0.3, -0.25) is 14.3 Å². The van der Waals surface area contributed by atoms with Crippen LogP contribution in [-0.4, -0.2) is 51.9 Å². The van der Waals surface area contributed by atoms with Gasteiger partial charge in [-0.2, -0.15) is 18.3 Å². The number of aliphatic hydroxyl groups is 1. The summed E-state index contributed by atoms with van der Waals surface area (Å²) in [7, 11) is 0. The first-order valence-corrected chi connectivity index (χ1v) is 14.4. The van der Waals surface area contributed by atoms with Gasteiger partial charge in [0.1, 0.15) is 5.69 Å². The highest BCUT2D eigenvalue weighted by molar-refractivity contribution is 5.98. The molecular formula is C31H40F3N5O3. The standard InChI is InChI=1S/C31H40F3N5O3/c1-3-5-6-10-16-36-30(42)27-19-26(38-39(27)4-2)29(41)37-25(18-22-12-8-7-9-13-22)28(40)21-35-20-23-14-11-15-24(17-23)31(32,33)34/h7-9,11-15,17,19,25,28,35,40H,3-6,10,16,18,20-21H2,1-2H3,(H,36,42)(H,37,41)/t25-,28+/m0/s1. The van der Waals surface area contributed by atoms with Crippen LogP contribution in [0.1, 0.15) is 77.2 Å². The number of aliphatic hydroxyl groups excluding tert-OH is 1. The maximum Gasteiger partial charge on any atom is 0.416 e. The highest BCUT2D eigenvalue weighted by Gasteiger charge is 2.30. The minimum atomic E-state index is -4.44. The predicted molar refractivity (Wildman–Crippen MR) is 155 cm³/mol. The summed E-state index contributed by atoms with van der Waals surface area (Å²) in [5.74, 6) is -0.850. The van der Waals surface area contributed by atoms with Gasteiger partial charge in [0, 0.05) is 32.2 Å². The van der Waals surface area contributed by atoms with Gasteiger partial charge >= 0.3 is 6.18 Å². The molecule has 0 unspecified atom stereocenters. The SMILES string of the molecule is CCCCCCNC(=O)c1cc(C(=O)N[C@@H](Cc2ccccc2)[C@H](O)CNCc2cccc(C(F)(F)F)c2)nn1CC. The van der Waals surface area contributed by atoms with Crippen LogP contribution in [0, 0.1) is 0 Å². The Morgan fingerprint density at radius 1 is 0.952 bits per heavy atom. The zero-order valence-electron chi connectivity index (χ0n) is 24.1. The summed E-state index contributed by atoms with van der Waals surface area (Å²) in [6, 6.07) is 15.0. The molecule has 42 heavy (non-hydrogen) atoms. The van der Waals surface area contributed by atoms with Crippen LogP contribution < -0.4 is 16.0 Å². The zero-order chi connectivity index (χ0) is 30.5. The average Bonchev–Trinajstić information content (AvgIpc) is 3.42. The number of hydrogen-bond donors (Lipinski definition) is 4. The average molecular weight is 588 g/mol. The van der Waals surface area contributed by atoms with Crippen molar-refractivity contribution in [1.82, 2.24) is 25.7 Å². The van der Waals surface area contributed by atoms with Crippen molar-refractivity contribution >= 4 is 11.8 Å². The Bertz CT molecular complexity index is 1280. The molecule has 3 aromatic rings. The van der Waals surface area contributed by atoms with E-state index in [9.17, 15) is 27.9 Å². The van der Waals surface area contributed by atoms with E-state index in [2.05, 4.69) is 28.0 Å². The van der Waals surface area contributed by atoms with E-state index in [1.807, 2.05) is 37.3 Å².